The van der Waals surface area contributed by atoms with Gasteiger partial charge < -0.3 is 19.6 Å². The first kappa shape index (κ1) is 19.3. The highest BCUT2D eigenvalue weighted by Crippen LogP contribution is 2.28. The minimum absolute atomic E-state index is 0.217. The molecule has 1 saturated heterocycles. The molecule has 3 atom stereocenters. The Kier molecular flexibility index (Phi) is 5.46. The smallest absolute Gasteiger partial charge is 0.335 e. The maximum atomic E-state index is 13.4. The molecule has 0 aliphatic carbocycles. The van der Waals surface area contributed by atoms with Gasteiger partial charge in [0.15, 0.2) is 6.10 Å². The van der Waals surface area contributed by atoms with E-state index in [1.807, 2.05) is 0 Å². The highest BCUT2D eigenvalue weighted by molar-refractivity contribution is 6.05. The molecule has 0 bridgehead atoms. The van der Waals surface area contributed by atoms with E-state index in [1.165, 1.54) is 12.1 Å². The number of hydrogen-bond donors (Lipinski definition) is 1. The van der Waals surface area contributed by atoms with Gasteiger partial charge in [-0.05, 0) is 32.9 Å². The molecule has 0 spiro atoms. The molecular formula is C19H23FN2O5. The highest BCUT2D eigenvalue weighted by atomic mass is 19.1. The van der Waals surface area contributed by atoms with Crippen LogP contribution in [-0.4, -0.2) is 48.0 Å². The summed E-state index contributed by atoms with van der Waals surface area (Å²) in [5, 5.41) is 6.79. The first-order valence-electron chi connectivity index (χ1n) is 8.91. The fraction of sp³-hybridized carbons (Fsp3) is 0.526. The van der Waals surface area contributed by atoms with Gasteiger partial charge in [-0.2, -0.15) is 0 Å². The summed E-state index contributed by atoms with van der Waals surface area (Å²) in [6.07, 6.45) is -0.354. The molecular weight excluding hydrogens is 355 g/mol. The maximum Gasteiger partial charge on any atom is 0.335 e. The third-order valence-electron chi connectivity index (χ3n) is 4.45. The van der Waals surface area contributed by atoms with Gasteiger partial charge >= 0.3 is 5.97 Å². The van der Waals surface area contributed by atoms with Crippen LogP contribution in [-0.2, 0) is 23.9 Å². The molecule has 2 aliphatic rings. The van der Waals surface area contributed by atoms with Crippen LogP contribution < -0.4 is 5.32 Å². The van der Waals surface area contributed by atoms with E-state index in [4.69, 9.17) is 14.3 Å². The van der Waals surface area contributed by atoms with Crippen LogP contribution in [0.2, 0.25) is 0 Å². The summed E-state index contributed by atoms with van der Waals surface area (Å²) in [6.45, 7) is 5.37. The van der Waals surface area contributed by atoms with Gasteiger partial charge in [0.1, 0.15) is 5.82 Å². The number of esters is 1. The van der Waals surface area contributed by atoms with Crippen LogP contribution in [0.25, 0.3) is 0 Å². The van der Waals surface area contributed by atoms with E-state index >= 15 is 0 Å². The second kappa shape index (κ2) is 7.64. The van der Waals surface area contributed by atoms with Crippen LogP contribution in [0.4, 0.5) is 4.39 Å². The van der Waals surface area contributed by atoms with Crippen molar-refractivity contribution in [2.24, 2.45) is 5.16 Å². The molecule has 146 valence electrons. The van der Waals surface area contributed by atoms with Crippen molar-refractivity contribution in [3.63, 3.8) is 0 Å². The molecule has 0 aromatic heterocycles. The van der Waals surface area contributed by atoms with Crippen molar-refractivity contribution in [1.29, 1.82) is 0 Å². The Balaban J connectivity index is 1.55. The number of ether oxygens (including phenoxy) is 2. The summed E-state index contributed by atoms with van der Waals surface area (Å²) in [5.41, 5.74) is -0.113. The van der Waals surface area contributed by atoms with Gasteiger partial charge in [0.25, 0.3) is 5.91 Å². The molecule has 2 heterocycles. The Morgan fingerprint density at radius 2 is 2.19 bits per heavy atom. The molecule has 2 aliphatic heterocycles. The molecule has 1 aromatic rings. The topological polar surface area (TPSA) is 86.2 Å². The molecule has 0 saturated carbocycles. The molecule has 1 amide bonds. The van der Waals surface area contributed by atoms with E-state index in [1.54, 1.807) is 32.9 Å². The Hall–Kier alpha value is -2.48. The number of nitrogens with zero attached hydrogens (tertiary/aromatic N) is 1. The zero-order chi connectivity index (χ0) is 19.6. The summed E-state index contributed by atoms with van der Waals surface area (Å²) in [5.74, 6) is -1.17. The summed E-state index contributed by atoms with van der Waals surface area (Å²) in [7, 11) is 0. The Morgan fingerprint density at radius 1 is 1.41 bits per heavy atom. The SMILES string of the molecule is CC(C)OC(=O)C1CC(NC(=O)C2(C)CC(c3cccc(F)c3)=NO2)CO1. The number of carbonyl (C=O) groups excluding carboxylic acids is 2. The Labute approximate surface area is 156 Å². The number of carbonyl (C=O) groups is 2. The largest absolute Gasteiger partial charge is 0.461 e. The van der Waals surface area contributed by atoms with Gasteiger partial charge in [-0.3, -0.25) is 4.79 Å². The van der Waals surface area contributed by atoms with E-state index in [9.17, 15) is 14.0 Å². The predicted octanol–water partition coefficient (Wildman–Crippen LogP) is 1.93. The van der Waals surface area contributed by atoms with E-state index in [0.29, 0.717) is 17.7 Å². The van der Waals surface area contributed by atoms with Crippen LogP contribution in [0.3, 0.4) is 0 Å². The van der Waals surface area contributed by atoms with E-state index in [-0.39, 0.29) is 36.9 Å². The molecule has 1 N–H and O–H groups in total. The van der Waals surface area contributed by atoms with Gasteiger partial charge in [0.05, 0.1) is 24.5 Å². The maximum absolute atomic E-state index is 13.4. The number of oxime groups is 1. The number of hydrogen-bond acceptors (Lipinski definition) is 6. The van der Waals surface area contributed by atoms with Gasteiger partial charge in [-0.25, -0.2) is 9.18 Å². The number of rotatable bonds is 5. The zero-order valence-electron chi connectivity index (χ0n) is 15.5. The first-order valence-corrected chi connectivity index (χ1v) is 8.91. The average Bonchev–Trinajstić information content (AvgIpc) is 3.22. The van der Waals surface area contributed by atoms with E-state index in [2.05, 4.69) is 10.5 Å². The lowest BCUT2D eigenvalue weighted by Crippen LogP contribution is -2.49. The Morgan fingerprint density at radius 3 is 2.89 bits per heavy atom. The third kappa shape index (κ3) is 4.44. The van der Waals surface area contributed by atoms with Crippen molar-refractivity contribution < 1.29 is 28.3 Å². The lowest BCUT2D eigenvalue weighted by Gasteiger charge is -2.22. The summed E-state index contributed by atoms with van der Waals surface area (Å²) in [4.78, 5) is 29.9. The number of benzene rings is 1. The normalized spacial score (nSPS) is 27.2. The molecule has 27 heavy (non-hydrogen) atoms. The van der Waals surface area contributed by atoms with Crippen molar-refractivity contribution in [1.82, 2.24) is 5.32 Å². The van der Waals surface area contributed by atoms with Crippen molar-refractivity contribution in [2.75, 3.05) is 6.61 Å². The van der Waals surface area contributed by atoms with Crippen LogP contribution in [0.1, 0.15) is 39.2 Å². The molecule has 1 fully saturated rings. The van der Waals surface area contributed by atoms with E-state index < -0.39 is 17.7 Å². The number of amides is 1. The second-order valence-electron chi connectivity index (χ2n) is 7.26. The molecule has 3 unspecified atom stereocenters. The third-order valence-corrected chi connectivity index (χ3v) is 4.45. The quantitative estimate of drug-likeness (QED) is 0.792. The molecule has 1 aromatic carbocycles. The van der Waals surface area contributed by atoms with Gasteiger partial charge in [0.2, 0.25) is 5.60 Å². The van der Waals surface area contributed by atoms with Crippen LogP contribution >= 0.6 is 0 Å². The van der Waals surface area contributed by atoms with Crippen molar-refractivity contribution in [3.8, 4) is 0 Å². The van der Waals surface area contributed by atoms with Crippen LogP contribution in [0.15, 0.2) is 29.4 Å². The van der Waals surface area contributed by atoms with Crippen LogP contribution in [0.5, 0.6) is 0 Å². The molecule has 8 heteroatoms. The molecule has 3 rings (SSSR count). The van der Waals surface area contributed by atoms with Crippen molar-refractivity contribution in [3.05, 3.63) is 35.6 Å². The zero-order valence-corrected chi connectivity index (χ0v) is 15.5. The van der Waals surface area contributed by atoms with Crippen molar-refractivity contribution in [2.45, 2.75) is 57.5 Å². The van der Waals surface area contributed by atoms with Crippen LogP contribution in [0, 0.1) is 5.82 Å². The van der Waals surface area contributed by atoms with Gasteiger partial charge in [-0.1, -0.05) is 17.3 Å². The minimum Gasteiger partial charge on any atom is -0.461 e. The summed E-state index contributed by atoms with van der Waals surface area (Å²) < 4.78 is 24.0. The number of nitrogens with one attached hydrogen (secondary N) is 1. The lowest BCUT2D eigenvalue weighted by molar-refractivity contribution is -0.158. The standard InChI is InChI=1S/C19H23FN2O5/c1-11(2)26-17(23)16-8-14(10-25-16)21-18(24)19(3)9-15(22-27-19)12-5-4-6-13(20)7-12/h4-7,11,14,16H,8-10H2,1-3H3,(H,21,24). The van der Waals surface area contributed by atoms with E-state index in [0.717, 1.165) is 0 Å². The highest BCUT2D eigenvalue weighted by Gasteiger charge is 2.44. The summed E-state index contributed by atoms with van der Waals surface area (Å²) >= 11 is 0. The monoisotopic (exact) mass is 378 g/mol. The molecule has 0 radical (unpaired) electrons. The average molecular weight is 378 g/mol. The predicted molar refractivity (Wildman–Crippen MR) is 94.6 cm³/mol. The second-order valence-corrected chi connectivity index (χ2v) is 7.26. The van der Waals surface area contributed by atoms with Gasteiger partial charge in [-0.15, -0.1) is 0 Å². The summed E-state index contributed by atoms with van der Waals surface area (Å²) in [6, 6.07) is 5.66. The first-order chi connectivity index (χ1) is 12.8. The van der Waals surface area contributed by atoms with Gasteiger partial charge in [0, 0.05) is 18.4 Å². The fourth-order valence-corrected chi connectivity index (χ4v) is 3.02. The minimum atomic E-state index is -1.20. The molecule has 7 nitrogen and oxygen atoms in total. The fourth-order valence-electron chi connectivity index (χ4n) is 3.02. The Bertz CT molecular complexity index is 766. The number of halogens is 1. The lowest BCUT2D eigenvalue weighted by atomic mass is 9.94. The van der Waals surface area contributed by atoms with Crippen molar-refractivity contribution >= 4 is 17.6 Å².